The van der Waals surface area contributed by atoms with Gasteiger partial charge < -0.3 is 15.5 Å². The van der Waals surface area contributed by atoms with Gasteiger partial charge in [0.25, 0.3) is 11.8 Å². The van der Waals surface area contributed by atoms with Crippen LogP contribution >= 0.6 is 0 Å². The van der Waals surface area contributed by atoms with Crippen LogP contribution in [0.15, 0.2) is 0 Å². The largest absolute Gasteiger partial charge is 0.418 e. The van der Waals surface area contributed by atoms with Crippen molar-refractivity contribution in [2.45, 2.75) is 30.5 Å². The summed E-state index contributed by atoms with van der Waals surface area (Å²) in [5, 5.41) is 6.10. The Morgan fingerprint density at radius 3 is 2.78 bits per heavy atom. The molecule has 4 N–H and O–H groups in total. The highest BCUT2D eigenvalue weighted by molar-refractivity contribution is 7.80. The van der Waals surface area contributed by atoms with Crippen molar-refractivity contribution in [3.63, 3.8) is 0 Å². The smallest absolute Gasteiger partial charge is 0.314 e. The number of piperidine rings is 1. The Hall–Kier alpha value is -1.65. The van der Waals surface area contributed by atoms with Crippen LogP contribution in [-0.2, 0) is 24.3 Å². The van der Waals surface area contributed by atoms with E-state index < -0.39 is 53.3 Å². The zero-order valence-corrected chi connectivity index (χ0v) is 14.7. The number of rotatable bonds is 6. The highest BCUT2D eigenvalue weighted by Crippen LogP contribution is 2.40. The van der Waals surface area contributed by atoms with Crippen molar-refractivity contribution in [3.05, 3.63) is 0 Å². The molecule has 0 aromatic carbocycles. The fraction of sp³-hybridized carbons (Fsp3) is 0.833. The van der Waals surface area contributed by atoms with Crippen molar-refractivity contribution < 1.29 is 40.5 Å². The van der Waals surface area contributed by atoms with Gasteiger partial charge in [-0.2, -0.15) is 13.5 Å². The maximum Gasteiger partial charge on any atom is 0.418 e. The van der Waals surface area contributed by atoms with Gasteiger partial charge in [-0.1, -0.05) is 0 Å². The van der Waals surface area contributed by atoms with E-state index in [4.69, 9.17) is 9.39 Å². The fourth-order valence-corrected chi connectivity index (χ4v) is 3.57. The van der Waals surface area contributed by atoms with Gasteiger partial charge in [0.15, 0.2) is 0 Å². The molecule has 0 aromatic heterocycles. The van der Waals surface area contributed by atoms with E-state index in [1.165, 1.54) is 0 Å². The van der Waals surface area contributed by atoms with Gasteiger partial charge in [-0.3, -0.25) is 14.2 Å². The van der Waals surface area contributed by atoms with Gasteiger partial charge in [0.1, 0.15) is 12.1 Å². The van der Waals surface area contributed by atoms with Crippen molar-refractivity contribution in [1.29, 1.82) is 0 Å². The van der Waals surface area contributed by atoms with E-state index >= 15 is 0 Å². The Kier molecular flexibility index (Phi) is 5.51. The van der Waals surface area contributed by atoms with E-state index in [1.807, 2.05) is 5.48 Å². The van der Waals surface area contributed by atoms with Crippen molar-refractivity contribution in [1.82, 2.24) is 26.1 Å². The maximum absolute atomic E-state index is 14.3. The predicted molar refractivity (Wildman–Crippen MR) is 82.5 cm³/mol. The fourth-order valence-electron chi connectivity index (χ4n) is 3.20. The van der Waals surface area contributed by atoms with Gasteiger partial charge in [-0.25, -0.2) is 19.1 Å². The van der Waals surface area contributed by atoms with Crippen LogP contribution in [0.5, 0.6) is 0 Å². The Morgan fingerprint density at radius 2 is 2.15 bits per heavy atom. The van der Waals surface area contributed by atoms with Crippen LogP contribution in [0.3, 0.4) is 0 Å². The number of carbonyl (C=O) groups is 2. The molecule has 15 heteroatoms. The number of nitrogens with zero attached hydrogens (tertiary/aromatic N) is 2. The molecule has 3 aliphatic rings. The summed E-state index contributed by atoms with van der Waals surface area (Å²) in [6.07, 6.45) is -1.05. The minimum Gasteiger partial charge on any atom is -0.314 e. The molecule has 0 aliphatic carbocycles. The van der Waals surface area contributed by atoms with E-state index in [9.17, 15) is 26.8 Å². The molecule has 3 rings (SSSR count). The summed E-state index contributed by atoms with van der Waals surface area (Å²) in [5.74, 6) is -4.59. The molecule has 0 aromatic rings. The lowest BCUT2D eigenvalue weighted by atomic mass is 9.96. The molecule has 154 valence electrons. The molecular weight excluding hydrogens is 396 g/mol. The van der Waals surface area contributed by atoms with E-state index in [0.717, 1.165) is 11.4 Å². The molecule has 0 spiro atoms. The molecule has 2 bridgehead atoms. The summed E-state index contributed by atoms with van der Waals surface area (Å²) in [4.78, 5) is 30.2. The van der Waals surface area contributed by atoms with Crippen LogP contribution < -0.4 is 16.1 Å². The minimum absolute atomic E-state index is 0.0798. The molecule has 0 radical (unpaired) electrons. The minimum atomic E-state index is -5.19. The van der Waals surface area contributed by atoms with E-state index in [1.54, 1.807) is 0 Å². The standard InChI is InChI=1S/C12H19F2N5O7S/c13-12(14)3-8(10(20)17-25-6-7-4-15-1-2-16-7)18-5-9(12)19(11(18)21)26-27(22,23)24/h7-9,15-16H,1-6H2,(H,17,20)(H,22,23,24)/t7?,8-,9-/m0/s1. The van der Waals surface area contributed by atoms with Crippen LogP contribution in [-0.4, -0.2) is 91.7 Å². The van der Waals surface area contributed by atoms with E-state index in [2.05, 4.69) is 14.9 Å². The van der Waals surface area contributed by atoms with Gasteiger partial charge in [-0.05, 0) is 0 Å². The SMILES string of the molecule is O=C(NOCC1CNCCN1)[C@@H]1CC(F)(F)[C@@H]2CN1C(=O)N2OS(=O)(=O)O. The highest BCUT2D eigenvalue weighted by atomic mass is 32.3. The second kappa shape index (κ2) is 7.40. The predicted octanol–water partition coefficient (Wildman–Crippen LogP) is -2.16. The average Bonchev–Trinajstić information content (AvgIpc) is 2.86. The lowest BCUT2D eigenvalue weighted by Gasteiger charge is -2.34. The summed E-state index contributed by atoms with van der Waals surface area (Å²) in [6, 6.07) is -4.89. The molecule has 1 unspecified atom stereocenters. The van der Waals surface area contributed by atoms with Crippen LogP contribution in [0, 0.1) is 0 Å². The first-order chi connectivity index (χ1) is 12.6. The van der Waals surface area contributed by atoms with E-state index in [-0.39, 0.29) is 17.7 Å². The van der Waals surface area contributed by atoms with Crippen molar-refractivity contribution in [2.24, 2.45) is 0 Å². The molecule has 3 fully saturated rings. The van der Waals surface area contributed by atoms with Crippen LogP contribution in [0.2, 0.25) is 0 Å². The van der Waals surface area contributed by atoms with Crippen LogP contribution in [0.4, 0.5) is 13.6 Å². The van der Waals surface area contributed by atoms with Gasteiger partial charge in [0, 0.05) is 32.1 Å². The number of piperazine rings is 1. The maximum atomic E-state index is 14.3. The first-order valence-electron chi connectivity index (χ1n) is 8.09. The summed E-state index contributed by atoms with van der Waals surface area (Å²) in [6.45, 7) is 1.54. The van der Waals surface area contributed by atoms with Crippen molar-refractivity contribution in [3.8, 4) is 0 Å². The third kappa shape index (κ3) is 4.44. The zero-order valence-electron chi connectivity index (χ0n) is 13.9. The second-order valence-corrected chi connectivity index (χ2v) is 7.40. The lowest BCUT2D eigenvalue weighted by molar-refractivity contribution is -0.159. The molecule has 3 heterocycles. The molecule has 0 saturated carbocycles. The monoisotopic (exact) mass is 415 g/mol. The molecule has 3 saturated heterocycles. The van der Waals surface area contributed by atoms with Crippen LogP contribution in [0.1, 0.15) is 6.42 Å². The molecule has 3 amide bonds. The number of hydrogen-bond donors (Lipinski definition) is 4. The number of hydroxylamine groups is 3. The number of nitrogens with one attached hydrogen (secondary N) is 3. The van der Waals surface area contributed by atoms with Gasteiger partial charge >= 0.3 is 16.4 Å². The number of amides is 3. The highest BCUT2D eigenvalue weighted by Gasteiger charge is 2.62. The van der Waals surface area contributed by atoms with Gasteiger partial charge in [0.2, 0.25) is 0 Å². The Bertz CT molecular complexity index is 702. The Labute approximate surface area is 153 Å². The quantitative estimate of drug-likeness (QED) is 0.281. The first-order valence-corrected chi connectivity index (χ1v) is 9.45. The number of hydrogen-bond acceptors (Lipinski definition) is 8. The second-order valence-electron chi connectivity index (χ2n) is 6.39. The number of urea groups is 1. The number of fused-ring (bicyclic) bond motifs is 2. The third-order valence-corrected chi connectivity index (χ3v) is 4.83. The van der Waals surface area contributed by atoms with Crippen molar-refractivity contribution in [2.75, 3.05) is 32.8 Å². The number of alkyl halides is 2. The zero-order chi connectivity index (χ0) is 19.8. The third-order valence-electron chi connectivity index (χ3n) is 4.48. The van der Waals surface area contributed by atoms with Crippen molar-refractivity contribution >= 4 is 22.3 Å². The Balaban J connectivity index is 1.62. The Morgan fingerprint density at radius 1 is 1.41 bits per heavy atom. The molecular formula is C12H19F2N5O7S. The number of carbonyl (C=O) groups excluding carboxylic acids is 2. The van der Waals surface area contributed by atoms with Gasteiger partial charge in [0.05, 0.1) is 13.2 Å². The van der Waals surface area contributed by atoms with Gasteiger partial charge in [-0.15, -0.1) is 4.28 Å². The topological polar surface area (TPSA) is 150 Å². The first kappa shape index (κ1) is 20.1. The summed E-state index contributed by atoms with van der Waals surface area (Å²) in [5.41, 5.74) is 2.04. The molecule has 3 aliphatic heterocycles. The van der Waals surface area contributed by atoms with E-state index in [0.29, 0.717) is 13.1 Å². The summed E-state index contributed by atoms with van der Waals surface area (Å²) >= 11 is 0. The normalized spacial score (nSPS) is 30.5. The number of halogens is 2. The molecule has 27 heavy (non-hydrogen) atoms. The lowest BCUT2D eigenvalue weighted by Crippen LogP contribution is -2.57. The summed E-state index contributed by atoms with van der Waals surface area (Å²) < 4.78 is 62.9. The average molecular weight is 415 g/mol. The summed E-state index contributed by atoms with van der Waals surface area (Å²) in [7, 11) is -5.19. The van der Waals surface area contributed by atoms with Crippen LogP contribution in [0.25, 0.3) is 0 Å². The molecule has 3 atom stereocenters. The molecule has 12 nitrogen and oxygen atoms in total.